The van der Waals surface area contributed by atoms with Crippen LogP contribution in [0.1, 0.15) is 43.0 Å². The number of carbonyl (C=O) groups excluding carboxylic acids is 1. The molecule has 0 saturated heterocycles. The van der Waals surface area contributed by atoms with Gasteiger partial charge in [0, 0.05) is 16.3 Å². The molecule has 0 aliphatic heterocycles. The van der Waals surface area contributed by atoms with Crippen molar-refractivity contribution in [3.05, 3.63) is 34.9 Å². The van der Waals surface area contributed by atoms with Gasteiger partial charge in [-0.05, 0) is 55.9 Å². The molecule has 2 rings (SSSR count). The van der Waals surface area contributed by atoms with Crippen LogP contribution in [0.2, 0.25) is 5.02 Å². The van der Waals surface area contributed by atoms with Gasteiger partial charge in [0.05, 0.1) is 0 Å². The summed E-state index contributed by atoms with van der Waals surface area (Å²) in [5.74, 6) is 0.358. The second-order valence-electron chi connectivity index (χ2n) is 4.55. The van der Waals surface area contributed by atoms with Crippen LogP contribution in [0.25, 0.3) is 0 Å². The van der Waals surface area contributed by atoms with E-state index in [1.807, 2.05) is 0 Å². The molecule has 1 aliphatic rings. The van der Waals surface area contributed by atoms with Gasteiger partial charge in [-0.15, -0.1) is 0 Å². The van der Waals surface area contributed by atoms with Crippen molar-refractivity contribution in [3.63, 3.8) is 0 Å². The van der Waals surface area contributed by atoms with Crippen LogP contribution in [0, 0.1) is 5.92 Å². The number of rotatable bonds is 3. The Hall–Kier alpha value is -1.35. The summed E-state index contributed by atoms with van der Waals surface area (Å²) in [5.41, 5.74) is 4.33. The Labute approximate surface area is 112 Å². The Morgan fingerprint density at radius 2 is 2.17 bits per heavy atom. The van der Waals surface area contributed by atoms with Crippen LogP contribution in [0.15, 0.2) is 29.4 Å². The summed E-state index contributed by atoms with van der Waals surface area (Å²) < 4.78 is 0. The molecule has 18 heavy (non-hydrogen) atoms. The van der Waals surface area contributed by atoms with Gasteiger partial charge in [-0.25, -0.2) is 5.43 Å². The Kier molecular flexibility index (Phi) is 4.37. The molecule has 1 amide bonds. The van der Waals surface area contributed by atoms with Crippen LogP contribution in [0.4, 0.5) is 0 Å². The molecule has 0 radical (unpaired) electrons. The van der Waals surface area contributed by atoms with E-state index in [0.29, 0.717) is 16.5 Å². The van der Waals surface area contributed by atoms with Crippen LogP contribution >= 0.6 is 11.6 Å². The molecule has 3 nitrogen and oxygen atoms in total. The van der Waals surface area contributed by atoms with Crippen molar-refractivity contribution in [2.75, 3.05) is 0 Å². The van der Waals surface area contributed by atoms with E-state index in [4.69, 9.17) is 11.6 Å². The number of carbonyl (C=O) groups is 1. The average Bonchev–Trinajstić information content (AvgIpc) is 2.84. The van der Waals surface area contributed by atoms with Crippen molar-refractivity contribution in [1.82, 2.24) is 5.43 Å². The van der Waals surface area contributed by atoms with Crippen molar-refractivity contribution in [2.24, 2.45) is 11.0 Å². The summed E-state index contributed by atoms with van der Waals surface area (Å²) in [6, 6.07) is 6.80. The maximum atomic E-state index is 11.8. The van der Waals surface area contributed by atoms with E-state index >= 15 is 0 Å². The van der Waals surface area contributed by atoms with Crippen LogP contribution < -0.4 is 5.43 Å². The average molecular weight is 265 g/mol. The van der Waals surface area contributed by atoms with E-state index in [2.05, 4.69) is 17.5 Å². The molecule has 96 valence electrons. The zero-order valence-corrected chi connectivity index (χ0v) is 11.2. The second-order valence-corrected chi connectivity index (χ2v) is 4.98. The minimum atomic E-state index is -0.180. The quantitative estimate of drug-likeness (QED) is 0.832. The molecule has 4 heteroatoms. The molecule has 1 N–H and O–H groups in total. The van der Waals surface area contributed by atoms with Crippen LogP contribution in [-0.4, -0.2) is 11.6 Å². The third-order valence-electron chi connectivity index (χ3n) is 3.36. The van der Waals surface area contributed by atoms with Crippen LogP contribution in [-0.2, 0) is 0 Å². The predicted octanol–water partition coefficient (Wildman–Crippen LogP) is 3.64. The number of hydrazone groups is 1. The minimum absolute atomic E-state index is 0.180. The van der Waals surface area contributed by atoms with Gasteiger partial charge in [0.25, 0.3) is 5.91 Å². The molecular weight excluding hydrogens is 248 g/mol. The highest BCUT2D eigenvalue weighted by atomic mass is 35.5. The number of halogens is 1. The SMILES string of the molecule is CC[C@H]1CCC/C1=N/NC(=O)c1ccc(Cl)cc1. The van der Waals surface area contributed by atoms with Gasteiger partial charge in [-0.1, -0.05) is 18.5 Å². The first-order chi connectivity index (χ1) is 8.70. The Bertz CT molecular complexity index is 453. The Balaban J connectivity index is 1.99. The monoisotopic (exact) mass is 264 g/mol. The van der Waals surface area contributed by atoms with Gasteiger partial charge in [0.2, 0.25) is 0 Å². The van der Waals surface area contributed by atoms with Gasteiger partial charge in [0.1, 0.15) is 0 Å². The van der Waals surface area contributed by atoms with Crippen molar-refractivity contribution in [3.8, 4) is 0 Å². The normalized spacial score (nSPS) is 21.2. The molecule has 1 aliphatic carbocycles. The fourth-order valence-electron chi connectivity index (χ4n) is 2.28. The highest BCUT2D eigenvalue weighted by Gasteiger charge is 2.20. The Morgan fingerprint density at radius 1 is 1.44 bits per heavy atom. The maximum absolute atomic E-state index is 11.8. The number of hydrogen-bond acceptors (Lipinski definition) is 2. The fraction of sp³-hybridized carbons (Fsp3) is 0.429. The highest BCUT2D eigenvalue weighted by Crippen LogP contribution is 2.24. The number of hydrogen-bond donors (Lipinski definition) is 1. The van der Waals surface area contributed by atoms with E-state index in [0.717, 1.165) is 18.6 Å². The van der Waals surface area contributed by atoms with Crippen molar-refractivity contribution in [1.29, 1.82) is 0 Å². The van der Waals surface area contributed by atoms with Crippen molar-refractivity contribution in [2.45, 2.75) is 32.6 Å². The van der Waals surface area contributed by atoms with E-state index in [9.17, 15) is 4.79 Å². The standard InChI is InChI=1S/C14H17ClN2O/c1-2-10-4-3-5-13(10)16-17-14(18)11-6-8-12(15)9-7-11/h6-10H,2-5H2,1H3,(H,17,18)/b16-13-/t10-/m0/s1. The number of amides is 1. The lowest BCUT2D eigenvalue weighted by Gasteiger charge is -2.07. The summed E-state index contributed by atoms with van der Waals surface area (Å²) in [6.07, 6.45) is 4.45. The summed E-state index contributed by atoms with van der Waals surface area (Å²) in [6.45, 7) is 2.16. The highest BCUT2D eigenvalue weighted by molar-refractivity contribution is 6.30. The molecule has 0 spiro atoms. The van der Waals surface area contributed by atoms with Crippen LogP contribution in [0.5, 0.6) is 0 Å². The second kappa shape index (κ2) is 6.01. The molecule has 1 fully saturated rings. The predicted molar refractivity (Wildman–Crippen MR) is 74.0 cm³/mol. The molecule has 0 unspecified atom stereocenters. The molecular formula is C14H17ClN2O. The van der Waals surface area contributed by atoms with Gasteiger partial charge < -0.3 is 0 Å². The maximum Gasteiger partial charge on any atom is 0.271 e. The van der Waals surface area contributed by atoms with Crippen LogP contribution in [0.3, 0.4) is 0 Å². The lowest BCUT2D eigenvalue weighted by molar-refractivity contribution is 0.0954. The zero-order chi connectivity index (χ0) is 13.0. The van der Waals surface area contributed by atoms with Crippen molar-refractivity contribution >= 4 is 23.2 Å². The summed E-state index contributed by atoms with van der Waals surface area (Å²) in [4.78, 5) is 11.8. The molecule has 1 aromatic rings. The first kappa shape index (κ1) is 13.1. The summed E-state index contributed by atoms with van der Waals surface area (Å²) in [5, 5.41) is 4.88. The molecule has 1 saturated carbocycles. The van der Waals surface area contributed by atoms with Gasteiger partial charge in [-0.2, -0.15) is 5.10 Å². The summed E-state index contributed by atoms with van der Waals surface area (Å²) >= 11 is 5.78. The van der Waals surface area contributed by atoms with Gasteiger partial charge in [-0.3, -0.25) is 4.79 Å². The molecule has 1 aromatic carbocycles. The van der Waals surface area contributed by atoms with E-state index < -0.39 is 0 Å². The first-order valence-corrected chi connectivity index (χ1v) is 6.71. The van der Waals surface area contributed by atoms with E-state index in [1.165, 1.54) is 12.8 Å². The topological polar surface area (TPSA) is 41.5 Å². The van der Waals surface area contributed by atoms with Gasteiger partial charge in [0.15, 0.2) is 0 Å². The number of benzene rings is 1. The molecule has 0 bridgehead atoms. The zero-order valence-electron chi connectivity index (χ0n) is 10.4. The first-order valence-electron chi connectivity index (χ1n) is 6.33. The fourth-order valence-corrected chi connectivity index (χ4v) is 2.40. The lowest BCUT2D eigenvalue weighted by atomic mass is 10.0. The molecule has 0 heterocycles. The smallest absolute Gasteiger partial charge is 0.267 e. The lowest BCUT2D eigenvalue weighted by Crippen LogP contribution is -2.20. The summed E-state index contributed by atoms with van der Waals surface area (Å²) in [7, 11) is 0. The van der Waals surface area contributed by atoms with E-state index in [-0.39, 0.29) is 5.91 Å². The number of nitrogens with zero attached hydrogens (tertiary/aromatic N) is 1. The largest absolute Gasteiger partial charge is 0.271 e. The van der Waals surface area contributed by atoms with Gasteiger partial charge >= 0.3 is 0 Å². The van der Waals surface area contributed by atoms with Crippen molar-refractivity contribution < 1.29 is 4.79 Å². The number of nitrogens with one attached hydrogen (secondary N) is 1. The molecule has 0 aromatic heterocycles. The minimum Gasteiger partial charge on any atom is -0.267 e. The van der Waals surface area contributed by atoms with E-state index in [1.54, 1.807) is 24.3 Å². The Morgan fingerprint density at radius 3 is 2.83 bits per heavy atom. The third-order valence-corrected chi connectivity index (χ3v) is 3.61. The molecule has 1 atom stereocenters. The third kappa shape index (κ3) is 3.10.